The molecule has 0 aliphatic carbocycles. The van der Waals surface area contributed by atoms with Crippen molar-refractivity contribution in [1.29, 1.82) is 0 Å². The van der Waals surface area contributed by atoms with Gasteiger partial charge in [0.1, 0.15) is 5.82 Å². The van der Waals surface area contributed by atoms with Crippen LogP contribution >= 0.6 is 11.8 Å². The number of hydrogen-bond donors (Lipinski definition) is 1. The molecule has 84 valence electrons. The molecule has 0 unspecified atom stereocenters. The van der Waals surface area contributed by atoms with Crippen molar-refractivity contribution in [2.24, 2.45) is 5.92 Å². The van der Waals surface area contributed by atoms with E-state index in [0.717, 1.165) is 29.7 Å². The van der Waals surface area contributed by atoms with Gasteiger partial charge in [-0.2, -0.15) is 11.8 Å². The van der Waals surface area contributed by atoms with E-state index in [9.17, 15) is 0 Å². The SMILES string of the molecule is CCNc1cnc(CSCC(C)C)cn1. The van der Waals surface area contributed by atoms with Gasteiger partial charge < -0.3 is 5.32 Å². The molecule has 1 aromatic rings. The van der Waals surface area contributed by atoms with Crippen LogP contribution in [0.5, 0.6) is 0 Å². The van der Waals surface area contributed by atoms with Crippen molar-refractivity contribution in [3.05, 3.63) is 18.1 Å². The molecule has 0 aliphatic heterocycles. The van der Waals surface area contributed by atoms with Gasteiger partial charge in [0, 0.05) is 12.3 Å². The van der Waals surface area contributed by atoms with E-state index in [1.54, 1.807) is 6.20 Å². The van der Waals surface area contributed by atoms with Crippen molar-refractivity contribution < 1.29 is 0 Å². The first-order valence-electron chi connectivity index (χ1n) is 5.35. The summed E-state index contributed by atoms with van der Waals surface area (Å²) >= 11 is 1.91. The largest absolute Gasteiger partial charge is 0.369 e. The molecule has 1 N–H and O–H groups in total. The van der Waals surface area contributed by atoms with Crippen LogP contribution < -0.4 is 5.32 Å². The average molecular weight is 225 g/mol. The molecule has 1 rings (SSSR count). The van der Waals surface area contributed by atoms with Gasteiger partial charge in [-0.1, -0.05) is 13.8 Å². The summed E-state index contributed by atoms with van der Waals surface area (Å²) in [5, 5.41) is 3.13. The highest BCUT2D eigenvalue weighted by atomic mass is 32.2. The summed E-state index contributed by atoms with van der Waals surface area (Å²) in [5.74, 6) is 3.73. The Hall–Kier alpha value is -0.770. The van der Waals surface area contributed by atoms with Gasteiger partial charge in [0.2, 0.25) is 0 Å². The van der Waals surface area contributed by atoms with E-state index in [2.05, 4.69) is 29.1 Å². The molecule has 15 heavy (non-hydrogen) atoms. The van der Waals surface area contributed by atoms with Gasteiger partial charge in [0.05, 0.1) is 18.1 Å². The van der Waals surface area contributed by atoms with Crippen LogP contribution in [0.25, 0.3) is 0 Å². The van der Waals surface area contributed by atoms with E-state index in [4.69, 9.17) is 0 Å². The van der Waals surface area contributed by atoms with E-state index in [1.807, 2.05) is 24.9 Å². The minimum absolute atomic E-state index is 0.740. The lowest BCUT2D eigenvalue weighted by molar-refractivity contribution is 0.750. The third-order valence-electron chi connectivity index (χ3n) is 1.76. The van der Waals surface area contributed by atoms with Gasteiger partial charge in [-0.15, -0.1) is 0 Å². The predicted octanol–water partition coefficient (Wildman–Crippen LogP) is 2.80. The lowest BCUT2D eigenvalue weighted by atomic mass is 10.3. The number of anilines is 1. The molecule has 3 nitrogen and oxygen atoms in total. The average Bonchev–Trinajstić information content (AvgIpc) is 2.20. The normalized spacial score (nSPS) is 10.7. The summed E-state index contributed by atoms with van der Waals surface area (Å²) in [4.78, 5) is 8.63. The molecule has 0 atom stereocenters. The third-order valence-corrected chi connectivity index (χ3v) is 3.17. The lowest BCUT2D eigenvalue weighted by Crippen LogP contribution is -2.01. The molecule has 0 saturated carbocycles. The Morgan fingerprint density at radius 2 is 2.13 bits per heavy atom. The van der Waals surface area contributed by atoms with Crippen LogP contribution in [0, 0.1) is 5.92 Å². The fraction of sp³-hybridized carbons (Fsp3) is 0.636. The highest BCUT2D eigenvalue weighted by molar-refractivity contribution is 7.98. The van der Waals surface area contributed by atoms with Gasteiger partial charge in [-0.25, -0.2) is 4.98 Å². The fourth-order valence-electron chi connectivity index (χ4n) is 1.10. The summed E-state index contributed by atoms with van der Waals surface area (Å²) in [7, 11) is 0. The molecule has 1 heterocycles. The predicted molar refractivity (Wildman–Crippen MR) is 67.2 cm³/mol. The smallest absolute Gasteiger partial charge is 0.144 e. The first-order valence-corrected chi connectivity index (χ1v) is 6.50. The number of nitrogens with zero attached hydrogens (tertiary/aromatic N) is 2. The van der Waals surface area contributed by atoms with E-state index >= 15 is 0 Å². The van der Waals surface area contributed by atoms with Crippen molar-refractivity contribution in [2.45, 2.75) is 26.5 Å². The molecule has 1 aromatic heterocycles. The number of hydrogen-bond acceptors (Lipinski definition) is 4. The van der Waals surface area contributed by atoms with E-state index in [-0.39, 0.29) is 0 Å². The maximum atomic E-state index is 4.35. The second-order valence-corrected chi connectivity index (χ2v) is 4.86. The van der Waals surface area contributed by atoms with Crippen molar-refractivity contribution in [3.8, 4) is 0 Å². The summed E-state index contributed by atoms with van der Waals surface area (Å²) in [6.07, 6.45) is 3.65. The molecule has 0 aliphatic rings. The molecule has 0 fully saturated rings. The summed E-state index contributed by atoms with van der Waals surface area (Å²) in [5.41, 5.74) is 1.06. The minimum atomic E-state index is 0.740. The molecule has 0 amide bonds. The van der Waals surface area contributed by atoms with Crippen LogP contribution in [-0.2, 0) is 5.75 Å². The number of nitrogens with one attached hydrogen (secondary N) is 1. The maximum absolute atomic E-state index is 4.35. The minimum Gasteiger partial charge on any atom is -0.369 e. The molecule has 0 saturated heterocycles. The van der Waals surface area contributed by atoms with Crippen LogP contribution in [0.1, 0.15) is 26.5 Å². The quantitative estimate of drug-likeness (QED) is 0.808. The third kappa shape index (κ3) is 5.02. The van der Waals surface area contributed by atoms with Crippen LogP contribution in [0.2, 0.25) is 0 Å². The Kier molecular flexibility index (Phi) is 5.47. The maximum Gasteiger partial charge on any atom is 0.144 e. The zero-order valence-corrected chi connectivity index (χ0v) is 10.5. The first-order chi connectivity index (χ1) is 7.22. The fourth-order valence-corrected chi connectivity index (χ4v) is 2.05. The Morgan fingerprint density at radius 3 is 2.67 bits per heavy atom. The van der Waals surface area contributed by atoms with Crippen molar-refractivity contribution in [1.82, 2.24) is 9.97 Å². The number of aromatic nitrogens is 2. The summed E-state index contributed by atoms with van der Waals surface area (Å²) in [6.45, 7) is 7.39. The lowest BCUT2D eigenvalue weighted by Gasteiger charge is -2.05. The van der Waals surface area contributed by atoms with Gasteiger partial charge in [0.25, 0.3) is 0 Å². The molecule has 0 aromatic carbocycles. The van der Waals surface area contributed by atoms with Gasteiger partial charge in [-0.3, -0.25) is 4.98 Å². The van der Waals surface area contributed by atoms with E-state index < -0.39 is 0 Å². The highest BCUT2D eigenvalue weighted by Gasteiger charge is 1.99. The van der Waals surface area contributed by atoms with Crippen LogP contribution in [-0.4, -0.2) is 22.3 Å². The van der Waals surface area contributed by atoms with Gasteiger partial charge in [-0.05, 0) is 18.6 Å². The molecule has 0 spiro atoms. The van der Waals surface area contributed by atoms with Crippen molar-refractivity contribution >= 4 is 17.6 Å². The molecule has 0 bridgehead atoms. The monoisotopic (exact) mass is 225 g/mol. The van der Waals surface area contributed by atoms with Crippen molar-refractivity contribution in [3.63, 3.8) is 0 Å². The standard InChI is InChI=1S/C11H19N3S/c1-4-12-11-6-13-10(5-14-11)8-15-7-9(2)3/h5-6,9H,4,7-8H2,1-3H3,(H,12,14). The Bertz CT molecular complexity index is 272. The van der Waals surface area contributed by atoms with Crippen LogP contribution in [0.4, 0.5) is 5.82 Å². The molecular weight excluding hydrogens is 206 g/mol. The molecule has 4 heteroatoms. The zero-order valence-electron chi connectivity index (χ0n) is 9.66. The second-order valence-electron chi connectivity index (χ2n) is 3.83. The Balaban J connectivity index is 2.36. The zero-order chi connectivity index (χ0) is 11.1. The van der Waals surface area contributed by atoms with Gasteiger partial charge in [0.15, 0.2) is 0 Å². The second kappa shape index (κ2) is 6.67. The van der Waals surface area contributed by atoms with Crippen molar-refractivity contribution in [2.75, 3.05) is 17.6 Å². The topological polar surface area (TPSA) is 37.8 Å². The number of rotatable bonds is 6. The Labute approximate surface area is 96.1 Å². The first kappa shape index (κ1) is 12.3. The van der Waals surface area contributed by atoms with Crippen LogP contribution in [0.3, 0.4) is 0 Å². The Morgan fingerprint density at radius 1 is 1.33 bits per heavy atom. The highest BCUT2D eigenvalue weighted by Crippen LogP contribution is 2.13. The van der Waals surface area contributed by atoms with Gasteiger partial charge >= 0.3 is 0 Å². The van der Waals surface area contributed by atoms with Crippen LogP contribution in [0.15, 0.2) is 12.4 Å². The molecular formula is C11H19N3S. The van der Waals surface area contributed by atoms with E-state index in [0.29, 0.717) is 0 Å². The van der Waals surface area contributed by atoms with E-state index in [1.165, 1.54) is 5.75 Å². The number of thioether (sulfide) groups is 1. The summed E-state index contributed by atoms with van der Waals surface area (Å²) in [6, 6.07) is 0. The summed E-state index contributed by atoms with van der Waals surface area (Å²) < 4.78 is 0. The molecule has 0 radical (unpaired) electrons.